The van der Waals surface area contributed by atoms with Crippen LogP contribution in [0.2, 0.25) is 5.02 Å². The largest absolute Gasteiger partial charge is 0.456 e. The molecule has 0 spiro atoms. The van der Waals surface area contributed by atoms with Gasteiger partial charge in [0.2, 0.25) is 0 Å². The van der Waals surface area contributed by atoms with E-state index in [1.165, 1.54) is 17.0 Å². The molecule has 4 N–H and O–H groups in total. The summed E-state index contributed by atoms with van der Waals surface area (Å²) in [4.78, 5) is 22.0. The van der Waals surface area contributed by atoms with Crippen molar-refractivity contribution in [1.82, 2.24) is 15.6 Å². The first kappa shape index (κ1) is 26.6. The summed E-state index contributed by atoms with van der Waals surface area (Å²) in [5.41, 5.74) is 8.13. The first-order valence-electron chi connectivity index (χ1n) is 13.0. The van der Waals surface area contributed by atoms with E-state index in [4.69, 9.17) is 22.1 Å². The molecule has 0 bridgehead atoms. The second kappa shape index (κ2) is 11.9. The van der Waals surface area contributed by atoms with Crippen LogP contribution in [0.5, 0.6) is 11.5 Å². The van der Waals surface area contributed by atoms with Crippen LogP contribution in [0.25, 0.3) is 10.8 Å². The maximum Gasteiger partial charge on any atom is 0.261 e. The summed E-state index contributed by atoms with van der Waals surface area (Å²) in [6.07, 6.45) is 2.28. The number of nitrogens with zero attached hydrogens (tertiary/aromatic N) is 2. The number of thiophene rings is 2. The van der Waals surface area contributed by atoms with Gasteiger partial charge in [-0.25, -0.2) is 4.98 Å². The SMILES string of the molecule is Nc1nccc2cc(CNC(=O)c3cc(Cl)c(Cc4sccc4Oc4ccc(N5CCNCC5)cc4)s3)ccc12. The van der Waals surface area contributed by atoms with E-state index in [1.807, 2.05) is 47.8 Å². The Morgan fingerprint density at radius 3 is 2.73 bits per heavy atom. The molecule has 0 saturated carbocycles. The molecule has 1 fully saturated rings. The normalized spacial score (nSPS) is 13.5. The molecule has 10 heteroatoms. The molecule has 1 aliphatic heterocycles. The van der Waals surface area contributed by atoms with Crippen LogP contribution < -0.4 is 26.0 Å². The quantitative estimate of drug-likeness (QED) is 0.196. The number of benzene rings is 2. The second-order valence-electron chi connectivity index (χ2n) is 9.53. The molecular formula is C30H28ClN5O2S2. The van der Waals surface area contributed by atoms with Crippen LogP contribution >= 0.6 is 34.3 Å². The van der Waals surface area contributed by atoms with Crippen LogP contribution in [0.15, 0.2) is 72.2 Å². The van der Waals surface area contributed by atoms with Crippen molar-refractivity contribution in [2.24, 2.45) is 0 Å². The van der Waals surface area contributed by atoms with Gasteiger partial charge in [-0.2, -0.15) is 0 Å². The van der Waals surface area contributed by atoms with Gasteiger partial charge in [-0.3, -0.25) is 4.79 Å². The molecule has 0 radical (unpaired) electrons. The van der Waals surface area contributed by atoms with Crippen molar-refractivity contribution in [3.63, 3.8) is 0 Å². The third-order valence-electron chi connectivity index (χ3n) is 6.87. The Bertz CT molecular complexity index is 1640. The first-order valence-corrected chi connectivity index (χ1v) is 15.1. The van der Waals surface area contributed by atoms with Gasteiger partial charge < -0.3 is 26.0 Å². The minimum absolute atomic E-state index is 0.153. The fraction of sp³-hybridized carbons (Fsp3) is 0.200. The molecule has 7 nitrogen and oxygen atoms in total. The minimum Gasteiger partial charge on any atom is -0.456 e. The number of hydrogen-bond donors (Lipinski definition) is 3. The standard InChI is InChI=1S/C30H28ClN5O2S2/c31-24-16-28(30(37)35-18-19-1-6-23-20(15-19)7-9-34-29(23)32)40-26(24)17-27-25(8-14-39-27)38-22-4-2-21(3-5-22)36-12-10-33-11-13-36/h1-9,14-16,33H,10-13,17-18H2,(H2,32,34)(H,35,37). The van der Waals surface area contributed by atoms with Crippen LogP contribution in [-0.2, 0) is 13.0 Å². The lowest BCUT2D eigenvalue weighted by Crippen LogP contribution is -2.43. The fourth-order valence-corrected chi connectivity index (χ4v) is 6.98. The van der Waals surface area contributed by atoms with Crippen LogP contribution in [0.3, 0.4) is 0 Å². The molecule has 4 heterocycles. The Hall–Kier alpha value is -3.63. The Morgan fingerprint density at radius 2 is 1.90 bits per heavy atom. The predicted molar refractivity (Wildman–Crippen MR) is 165 cm³/mol. The average molecular weight is 590 g/mol. The van der Waals surface area contributed by atoms with Gasteiger partial charge in [-0.05, 0) is 64.9 Å². The summed E-state index contributed by atoms with van der Waals surface area (Å²) in [5.74, 6) is 1.95. The molecular weight excluding hydrogens is 562 g/mol. The van der Waals surface area contributed by atoms with Crippen molar-refractivity contribution in [1.29, 1.82) is 0 Å². The number of nitrogens with two attached hydrogens (primary N) is 1. The van der Waals surface area contributed by atoms with Gasteiger partial charge in [0.25, 0.3) is 5.91 Å². The topological polar surface area (TPSA) is 92.5 Å². The number of anilines is 2. The van der Waals surface area contributed by atoms with Crippen molar-refractivity contribution < 1.29 is 9.53 Å². The molecule has 3 aromatic heterocycles. The number of rotatable bonds is 8. The van der Waals surface area contributed by atoms with Crippen LogP contribution in [0.4, 0.5) is 11.5 Å². The van der Waals surface area contributed by atoms with Gasteiger partial charge in [0.15, 0.2) is 0 Å². The monoisotopic (exact) mass is 589 g/mol. The van der Waals surface area contributed by atoms with Gasteiger partial charge in [-0.15, -0.1) is 22.7 Å². The zero-order valence-corrected chi connectivity index (χ0v) is 24.0. The van der Waals surface area contributed by atoms with Crippen molar-refractivity contribution in [3.8, 4) is 11.5 Å². The van der Waals surface area contributed by atoms with E-state index in [-0.39, 0.29) is 5.91 Å². The second-order valence-corrected chi connectivity index (χ2v) is 12.1. The van der Waals surface area contributed by atoms with E-state index >= 15 is 0 Å². The number of aromatic nitrogens is 1. The summed E-state index contributed by atoms with van der Waals surface area (Å²) in [6.45, 7) is 4.42. The number of pyridine rings is 1. The number of hydrogen-bond acceptors (Lipinski definition) is 8. The lowest BCUT2D eigenvalue weighted by Gasteiger charge is -2.29. The highest BCUT2D eigenvalue weighted by Crippen LogP contribution is 2.36. The molecule has 5 aromatic rings. The van der Waals surface area contributed by atoms with Crippen molar-refractivity contribution in [3.05, 3.63) is 97.5 Å². The molecule has 0 aliphatic carbocycles. The lowest BCUT2D eigenvalue weighted by molar-refractivity contribution is 0.0955. The number of amides is 1. The molecule has 40 heavy (non-hydrogen) atoms. The number of ether oxygens (including phenoxy) is 1. The van der Waals surface area contributed by atoms with E-state index < -0.39 is 0 Å². The van der Waals surface area contributed by atoms with Gasteiger partial charge in [-0.1, -0.05) is 23.7 Å². The molecule has 2 aromatic carbocycles. The third-order valence-corrected chi connectivity index (χ3v) is 9.35. The maximum absolute atomic E-state index is 12.9. The summed E-state index contributed by atoms with van der Waals surface area (Å²) in [5, 5.41) is 10.9. The fourth-order valence-electron chi connectivity index (χ4n) is 4.74. The molecule has 0 atom stereocenters. The Balaban J connectivity index is 1.09. The number of halogens is 1. The number of nitrogens with one attached hydrogen (secondary N) is 2. The summed E-state index contributed by atoms with van der Waals surface area (Å²) < 4.78 is 6.23. The van der Waals surface area contributed by atoms with Crippen molar-refractivity contribution in [2.75, 3.05) is 36.8 Å². The highest BCUT2D eigenvalue weighted by atomic mass is 35.5. The molecule has 204 valence electrons. The van der Waals surface area contributed by atoms with Gasteiger partial charge in [0.1, 0.15) is 17.3 Å². The first-order chi connectivity index (χ1) is 19.5. The Kier molecular flexibility index (Phi) is 7.88. The minimum atomic E-state index is -0.153. The van der Waals surface area contributed by atoms with Crippen LogP contribution in [-0.4, -0.2) is 37.1 Å². The Morgan fingerprint density at radius 1 is 1.07 bits per heavy atom. The molecule has 1 aliphatic rings. The maximum atomic E-state index is 12.9. The highest BCUT2D eigenvalue weighted by Gasteiger charge is 2.17. The number of piperazine rings is 1. The van der Waals surface area contributed by atoms with E-state index in [1.54, 1.807) is 23.6 Å². The predicted octanol–water partition coefficient (Wildman–Crippen LogP) is 6.32. The van der Waals surface area contributed by atoms with Gasteiger partial charge in [0, 0.05) is 61.3 Å². The summed E-state index contributed by atoms with van der Waals surface area (Å²) in [7, 11) is 0. The van der Waals surface area contributed by atoms with Gasteiger partial charge in [0.05, 0.1) is 14.8 Å². The molecule has 1 amide bonds. The van der Waals surface area contributed by atoms with E-state index in [0.29, 0.717) is 28.7 Å². The summed E-state index contributed by atoms with van der Waals surface area (Å²) in [6, 6.07) is 19.8. The zero-order valence-electron chi connectivity index (χ0n) is 21.7. The number of carbonyl (C=O) groups excluding carboxylic acids is 1. The van der Waals surface area contributed by atoms with Gasteiger partial charge >= 0.3 is 0 Å². The average Bonchev–Trinajstić information content (AvgIpc) is 3.58. The highest BCUT2D eigenvalue weighted by molar-refractivity contribution is 7.15. The molecule has 0 unspecified atom stereocenters. The lowest BCUT2D eigenvalue weighted by atomic mass is 10.1. The summed E-state index contributed by atoms with van der Waals surface area (Å²) >= 11 is 9.60. The number of nitrogen functional groups attached to an aromatic ring is 1. The zero-order chi connectivity index (χ0) is 27.5. The van der Waals surface area contributed by atoms with Crippen LogP contribution in [0.1, 0.15) is 25.0 Å². The van der Waals surface area contributed by atoms with Crippen LogP contribution in [0, 0.1) is 0 Å². The van der Waals surface area contributed by atoms with Crippen molar-refractivity contribution >= 4 is 62.5 Å². The molecule has 6 rings (SSSR count). The molecule has 1 saturated heterocycles. The number of fused-ring (bicyclic) bond motifs is 1. The number of carbonyl (C=O) groups is 1. The van der Waals surface area contributed by atoms with E-state index in [0.717, 1.165) is 63.8 Å². The smallest absolute Gasteiger partial charge is 0.261 e. The van der Waals surface area contributed by atoms with Crippen molar-refractivity contribution in [2.45, 2.75) is 13.0 Å². The third kappa shape index (κ3) is 5.93. The van der Waals surface area contributed by atoms with E-state index in [2.05, 4.69) is 32.7 Å². The van der Waals surface area contributed by atoms with E-state index in [9.17, 15) is 4.79 Å². The Labute approximate surface area is 245 Å².